The fourth-order valence-electron chi connectivity index (χ4n) is 2.78. The maximum atomic E-state index is 12.1. The van der Waals surface area contributed by atoms with Gasteiger partial charge in [-0.2, -0.15) is 0 Å². The molecule has 0 aliphatic carbocycles. The Morgan fingerprint density at radius 1 is 1.03 bits per heavy atom. The summed E-state index contributed by atoms with van der Waals surface area (Å²) >= 11 is 2.88. The Balaban J connectivity index is 1.31. The average Bonchev–Trinajstić information content (AvgIpc) is 3.43. The summed E-state index contributed by atoms with van der Waals surface area (Å²) in [6.45, 7) is 1.12. The van der Waals surface area contributed by atoms with E-state index in [1.54, 1.807) is 18.2 Å². The van der Waals surface area contributed by atoms with E-state index in [1.165, 1.54) is 22.7 Å². The van der Waals surface area contributed by atoms with Gasteiger partial charge in [-0.25, -0.2) is 0 Å². The summed E-state index contributed by atoms with van der Waals surface area (Å²) in [5, 5.41) is 17.4. The normalized spacial score (nSPS) is 13.6. The van der Waals surface area contributed by atoms with Gasteiger partial charge in [-0.15, -0.1) is 22.7 Å². The molecule has 1 atom stereocenters. The fraction of sp³-hybridized carbons (Fsp3) is 0.200. The van der Waals surface area contributed by atoms with Crippen LogP contribution in [0.1, 0.15) is 20.7 Å². The predicted molar refractivity (Wildman–Crippen MR) is 111 cm³/mol. The van der Waals surface area contributed by atoms with E-state index >= 15 is 0 Å². The van der Waals surface area contributed by atoms with Gasteiger partial charge in [0.05, 0.1) is 6.54 Å². The Morgan fingerprint density at radius 3 is 2.66 bits per heavy atom. The Labute approximate surface area is 174 Å². The third kappa shape index (κ3) is 4.58. The number of thiophene rings is 2. The number of anilines is 1. The van der Waals surface area contributed by atoms with E-state index in [-0.39, 0.29) is 6.54 Å². The number of ether oxygens (including phenoxy) is 2. The van der Waals surface area contributed by atoms with Gasteiger partial charge in [0.25, 0.3) is 0 Å². The average molecular weight is 431 g/mol. The lowest BCUT2D eigenvalue weighted by molar-refractivity contribution is -0.136. The lowest BCUT2D eigenvalue weighted by atomic mass is 10.2. The second-order valence-electron chi connectivity index (χ2n) is 6.22. The zero-order valence-electron chi connectivity index (χ0n) is 15.2. The maximum Gasteiger partial charge on any atom is 0.313 e. The number of benzene rings is 1. The van der Waals surface area contributed by atoms with Crippen LogP contribution in [-0.2, 0) is 16.1 Å². The minimum absolute atomic E-state index is 0.204. The van der Waals surface area contributed by atoms with Crippen LogP contribution in [0.4, 0.5) is 5.69 Å². The molecule has 2 aromatic heterocycles. The number of hydrogen-bond acceptors (Lipinski definition) is 7. The van der Waals surface area contributed by atoms with E-state index in [9.17, 15) is 14.7 Å². The summed E-state index contributed by atoms with van der Waals surface area (Å²) in [5.74, 6) is -0.368. The van der Waals surface area contributed by atoms with Crippen LogP contribution in [-0.4, -0.2) is 30.1 Å². The van der Waals surface area contributed by atoms with Crippen molar-refractivity contribution in [1.82, 2.24) is 5.32 Å². The molecule has 7 nitrogen and oxygen atoms in total. The van der Waals surface area contributed by atoms with Crippen LogP contribution in [0.3, 0.4) is 0 Å². The van der Waals surface area contributed by atoms with Crippen molar-refractivity contribution in [2.24, 2.45) is 0 Å². The van der Waals surface area contributed by atoms with E-state index < -0.39 is 17.9 Å². The minimum Gasteiger partial charge on any atom is -0.486 e. The third-order valence-electron chi connectivity index (χ3n) is 4.19. The largest absolute Gasteiger partial charge is 0.486 e. The van der Waals surface area contributed by atoms with E-state index in [0.717, 1.165) is 14.6 Å². The van der Waals surface area contributed by atoms with Crippen LogP contribution in [0, 0.1) is 0 Å². The third-order valence-corrected chi connectivity index (χ3v) is 6.26. The maximum absolute atomic E-state index is 12.1. The highest BCUT2D eigenvalue weighted by atomic mass is 32.1. The number of aliphatic hydroxyl groups is 1. The van der Waals surface area contributed by atoms with Gasteiger partial charge in [0.1, 0.15) is 19.3 Å². The Kier molecular flexibility index (Phi) is 5.79. The molecule has 150 valence electrons. The van der Waals surface area contributed by atoms with Crippen LogP contribution in [0.2, 0.25) is 0 Å². The first-order valence-electron chi connectivity index (χ1n) is 8.89. The molecule has 0 bridgehead atoms. The molecule has 1 unspecified atom stereocenters. The van der Waals surface area contributed by atoms with Gasteiger partial charge in [0, 0.05) is 26.4 Å². The highest BCUT2D eigenvalue weighted by molar-refractivity contribution is 7.12. The van der Waals surface area contributed by atoms with Gasteiger partial charge in [0.15, 0.2) is 11.5 Å². The first-order chi connectivity index (χ1) is 14.1. The molecule has 0 saturated heterocycles. The van der Waals surface area contributed by atoms with Crippen molar-refractivity contribution in [2.75, 3.05) is 18.5 Å². The molecule has 4 rings (SSSR count). The molecule has 0 spiro atoms. The Bertz CT molecular complexity index is 1020. The number of nitrogens with one attached hydrogen (secondary N) is 2. The second kappa shape index (κ2) is 8.64. The number of rotatable bonds is 5. The summed E-state index contributed by atoms with van der Waals surface area (Å²) in [4.78, 5) is 26.8. The number of fused-ring (bicyclic) bond motifs is 1. The molecule has 1 aliphatic rings. The highest BCUT2D eigenvalue weighted by Gasteiger charge is 2.18. The number of carbonyl (C=O) groups is 2. The molecule has 0 saturated carbocycles. The van der Waals surface area contributed by atoms with Crippen LogP contribution in [0.5, 0.6) is 11.5 Å². The zero-order valence-corrected chi connectivity index (χ0v) is 16.8. The van der Waals surface area contributed by atoms with E-state index in [0.29, 0.717) is 30.4 Å². The molecule has 3 heterocycles. The quantitative estimate of drug-likeness (QED) is 0.541. The van der Waals surface area contributed by atoms with Gasteiger partial charge >= 0.3 is 11.8 Å². The minimum atomic E-state index is -0.767. The number of aliphatic hydroxyl groups excluding tert-OH is 1. The molecule has 9 heteroatoms. The van der Waals surface area contributed by atoms with Crippen molar-refractivity contribution < 1.29 is 24.2 Å². The van der Waals surface area contributed by atoms with Crippen molar-refractivity contribution >= 4 is 40.2 Å². The van der Waals surface area contributed by atoms with E-state index in [4.69, 9.17) is 9.47 Å². The first kappa shape index (κ1) is 19.4. The van der Waals surface area contributed by atoms with Gasteiger partial charge in [-0.3, -0.25) is 9.59 Å². The molecular formula is C20H18N2O5S2. The van der Waals surface area contributed by atoms with Crippen LogP contribution < -0.4 is 20.1 Å². The lowest BCUT2D eigenvalue weighted by Gasteiger charge is -2.18. The summed E-state index contributed by atoms with van der Waals surface area (Å²) < 4.78 is 10.9. The van der Waals surface area contributed by atoms with Crippen molar-refractivity contribution in [3.63, 3.8) is 0 Å². The topological polar surface area (TPSA) is 96.9 Å². The van der Waals surface area contributed by atoms with Crippen LogP contribution in [0.15, 0.2) is 47.8 Å². The van der Waals surface area contributed by atoms with Crippen molar-refractivity contribution in [1.29, 1.82) is 0 Å². The summed E-state index contributed by atoms with van der Waals surface area (Å²) in [6, 6.07) is 12.4. The van der Waals surface area contributed by atoms with Crippen LogP contribution >= 0.6 is 22.7 Å². The highest BCUT2D eigenvalue weighted by Crippen LogP contribution is 2.33. The zero-order chi connectivity index (χ0) is 20.2. The van der Waals surface area contributed by atoms with Gasteiger partial charge in [0.2, 0.25) is 0 Å². The molecule has 1 aliphatic heterocycles. The standard InChI is InChI=1S/C20H18N2O5S2/c23-18(16-2-1-9-28-16)17-6-4-13(29-17)11-21-19(24)20(25)22-12-3-5-14-15(10-12)27-8-7-26-14/h1-6,9-10,18,23H,7-8,11H2,(H,21,24)(H,22,25). The van der Waals surface area contributed by atoms with Gasteiger partial charge < -0.3 is 25.2 Å². The van der Waals surface area contributed by atoms with E-state index in [1.807, 2.05) is 29.6 Å². The lowest BCUT2D eigenvalue weighted by Crippen LogP contribution is -2.34. The predicted octanol–water partition coefficient (Wildman–Crippen LogP) is 2.92. The summed E-state index contributed by atoms with van der Waals surface area (Å²) in [7, 11) is 0. The monoisotopic (exact) mass is 430 g/mol. The molecule has 0 fully saturated rings. The Morgan fingerprint density at radius 2 is 1.86 bits per heavy atom. The Hall–Kier alpha value is -2.88. The second-order valence-corrected chi connectivity index (χ2v) is 8.40. The summed E-state index contributed by atoms with van der Waals surface area (Å²) in [5.41, 5.74) is 0.451. The molecule has 0 radical (unpaired) electrons. The molecule has 3 N–H and O–H groups in total. The fourth-order valence-corrected chi connectivity index (χ4v) is 4.54. The van der Waals surface area contributed by atoms with Crippen molar-refractivity contribution in [3.8, 4) is 11.5 Å². The molecule has 1 aromatic carbocycles. The van der Waals surface area contributed by atoms with Crippen molar-refractivity contribution in [2.45, 2.75) is 12.6 Å². The van der Waals surface area contributed by atoms with Gasteiger partial charge in [-0.1, -0.05) is 6.07 Å². The van der Waals surface area contributed by atoms with Crippen LogP contribution in [0.25, 0.3) is 0 Å². The van der Waals surface area contributed by atoms with Crippen molar-refractivity contribution in [3.05, 3.63) is 62.5 Å². The number of hydrogen-bond donors (Lipinski definition) is 3. The smallest absolute Gasteiger partial charge is 0.313 e. The molecule has 3 aromatic rings. The number of amides is 2. The summed E-state index contributed by atoms with van der Waals surface area (Å²) in [6.07, 6.45) is -0.678. The van der Waals surface area contributed by atoms with Gasteiger partial charge in [-0.05, 0) is 35.7 Å². The number of carbonyl (C=O) groups excluding carboxylic acids is 2. The molecule has 29 heavy (non-hydrogen) atoms. The first-order valence-corrected chi connectivity index (χ1v) is 10.6. The molecular weight excluding hydrogens is 412 g/mol. The molecule has 2 amide bonds. The SMILES string of the molecule is O=C(NCc1ccc(C(O)c2cccs2)s1)C(=O)Nc1ccc2c(c1)OCCO2. The van der Waals surface area contributed by atoms with E-state index in [2.05, 4.69) is 10.6 Å².